The van der Waals surface area contributed by atoms with Gasteiger partial charge in [0, 0.05) is 18.6 Å². The van der Waals surface area contributed by atoms with Gasteiger partial charge in [-0.05, 0) is 49.9 Å². The van der Waals surface area contributed by atoms with E-state index in [9.17, 15) is 0 Å². The van der Waals surface area contributed by atoms with Crippen LogP contribution in [0.1, 0.15) is 63.6 Å². The molecule has 0 aromatic heterocycles. The monoisotopic (exact) mass is 274 g/mol. The molecule has 1 heterocycles. The number of benzene rings is 1. The number of hydrogen-bond donors (Lipinski definition) is 1. The Morgan fingerprint density at radius 3 is 2.35 bits per heavy atom. The van der Waals surface area contributed by atoms with Crippen molar-refractivity contribution in [3.63, 3.8) is 0 Å². The minimum atomic E-state index is 0.460. The third-order valence-electron chi connectivity index (χ3n) is 4.56. The van der Waals surface area contributed by atoms with Crippen LogP contribution in [0.5, 0.6) is 0 Å². The highest BCUT2D eigenvalue weighted by Crippen LogP contribution is 2.23. The summed E-state index contributed by atoms with van der Waals surface area (Å²) in [5, 5.41) is 3.65. The maximum atomic E-state index is 3.65. The van der Waals surface area contributed by atoms with E-state index < -0.39 is 0 Å². The molecule has 1 saturated heterocycles. The Morgan fingerprint density at radius 1 is 1.20 bits per heavy atom. The lowest BCUT2D eigenvalue weighted by molar-refractivity contribution is 0.238. The molecule has 2 rings (SSSR count). The Hall–Kier alpha value is -0.860. The van der Waals surface area contributed by atoms with E-state index >= 15 is 0 Å². The molecule has 0 bridgehead atoms. The third kappa shape index (κ3) is 3.83. The van der Waals surface area contributed by atoms with Gasteiger partial charge in [-0.2, -0.15) is 0 Å². The fourth-order valence-corrected chi connectivity index (χ4v) is 3.15. The van der Waals surface area contributed by atoms with Crippen LogP contribution in [0.25, 0.3) is 0 Å². The van der Waals surface area contributed by atoms with E-state index in [4.69, 9.17) is 0 Å². The maximum Gasteiger partial charge on any atom is 0.0449 e. The lowest BCUT2D eigenvalue weighted by atomic mass is 9.98. The van der Waals surface area contributed by atoms with Crippen LogP contribution >= 0.6 is 0 Å². The molecular weight excluding hydrogens is 244 g/mol. The van der Waals surface area contributed by atoms with E-state index in [0.717, 1.165) is 19.1 Å². The SMILES string of the molecule is CCNC(CN1CCCC1C)c1ccc(C(C)C)cc1. The Balaban J connectivity index is 2.07. The summed E-state index contributed by atoms with van der Waals surface area (Å²) in [6.45, 7) is 12.5. The molecule has 2 unspecified atom stereocenters. The van der Waals surface area contributed by atoms with Crippen LogP contribution in [0.2, 0.25) is 0 Å². The molecule has 1 aliphatic rings. The zero-order valence-corrected chi connectivity index (χ0v) is 13.5. The van der Waals surface area contributed by atoms with Crippen molar-refractivity contribution in [3.8, 4) is 0 Å². The molecule has 20 heavy (non-hydrogen) atoms. The molecule has 2 atom stereocenters. The van der Waals surface area contributed by atoms with Crippen molar-refractivity contribution in [3.05, 3.63) is 35.4 Å². The van der Waals surface area contributed by atoms with E-state index in [1.54, 1.807) is 0 Å². The molecule has 1 aromatic carbocycles. The second-order valence-electron chi connectivity index (χ2n) is 6.42. The van der Waals surface area contributed by atoms with Crippen LogP contribution in [0.3, 0.4) is 0 Å². The van der Waals surface area contributed by atoms with Crippen LogP contribution in [-0.2, 0) is 0 Å². The predicted molar refractivity (Wildman–Crippen MR) is 87.2 cm³/mol. The third-order valence-corrected chi connectivity index (χ3v) is 4.56. The van der Waals surface area contributed by atoms with E-state index in [1.165, 1.54) is 30.5 Å². The molecule has 0 spiro atoms. The highest BCUT2D eigenvalue weighted by atomic mass is 15.2. The van der Waals surface area contributed by atoms with Gasteiger partial charge in [-0.25, -0.2) is 0 Å². The first-order valence-electron chi connectivity index (χ1n) is 8.19. The number of likely N-dealkylation sites (N-methyl/N-ethyl adjacent to an activating group) is 1. The largest absolute Gasteiger partial charge is 0.309 e. The van der Waals surface area contributed by atoms with Crippen molar-refractivity contribution >= 4 is 0 Å². The molecule has 2 heteroatoms. The maximum absolute atomic E-state index is 3.65. The van der Waals surface area contributed by atoms with Gasteiger partial charge >= 0.3 is 0 Å². The molecular formula is C18H30N2. The first-order valence-corrected chi connectivity index (χ1v) is 8.19. The molecule has 112 valence electrons. The first-order chi connectivity index (χ1) is 9.61. The van der Waals surface area contributed by atoms with Gasteiger partial charge in [-0.3, -0.25) is 4.90 Å². The van der Waals surface area contributed by atoms with Gasteiger partial charge in [0.1, 0.15) is 0 Å². The Bertz CT molecular complexity index is 396. The van der Waals surface area contributed by atoms with Crippen molar-refractivity contribution in [2.24, 2.45) is 0 Å². The standard InChI is InChI=1S/C18H30N2/c1-5-19-18(13-20-12-6-7-15(20)4)17-10-8-16(9-11-17)14(2)3/h8-11,14-15,18-19H,5-7,12-13H2,1-4H3. The normalized spacial score (nSPS) is 21.6. The average Bonchev–Trinajstić information content (AvgIpc) is 2.84. The molecule has 2 nitrogen and oxygen atoms in total. The molecule has 0 radical (unpaired) electrons. The van der Waals surface area contributed by atoms with Crippen LogP contribution < -0.4 is 5.32 Å². The highest BCUT2D eigenvalue weighted by molar-refractivity contribution is 5.27. The number of rotatable bonds is 6. The smallest absolute Gasteiger partial charge is 0.0449 e. The van der Waals surface area contributed by atoms with Crippen LogP contribution in [0.4, 0.5) is 0 Å². The summed E-state index contributed by atoms with van der Waals surface area (Å²) in [5.41, 5.74) is 2.86. The summed E-state index contributed by atoms with van der Waals surface area (Å²) in [7, 11) is 0. The number of hydrogen-bond acceptors (Lipinski definition) is 2. The Labute approximate surface area is 124 Å². The zero-order valence-electron chi connectivity index (χ0n) is 13.5. The van der Waals surface area contributed by atoms with Crippen molar-refractivity contribution < 1.29 is 0 Å². The Kier molecular flexibility index (Phi) is 5.62. The molecule has 1 aliphatic heterocycles. The van der Waals surface area contributed by atoms with Crippen molar-refractivity contribution in [1.29, 1.82) is 0 Å². The van der Waals surface area contributed by atoms with Crippen molar-refractivity contribution in [2.45, 2.75) is 58.5 Å². The van der Waals surface area contributed by atoms with Crippen LogP contribution in [0.15, 0.2) is 24.3 Å². The number of nitrogens with one attached hydrogen (secondary N) is 1. The summed E-state index contributed by atoms with van der Waals surface area (Å²) in [6, 6.07) is 10.4. The van der Waals surface area contributed by atoms with E-state index in [1.807, 2.05) is 0 Å². The van der Waals surface area contributed by atoms with Gasteiger partial charge < -0.3 is 5.32 Å². The number of likely N-dealkylation sites (tertiary alicyclic amines) is 1. The first kappa shape index (κ1) is 15.5. The van der Waals surface area contributed by atoms with Gasteiger partial charge in [-0.1, -0.05) is 45.0 Å². The second kappa shape index (κ2) is 7.24. The van der Waals surface area contributed by atoms with Gasteiger partial charge in [0.25, 0.3) is 0 Å². The molecule has 0 amide bonds. The average molecular weight is 274 g/mol. The van der Waals surface area contributed by atoms with Crippen molar-refractivity contribution in [1.82, 2.24) is 10.2 Å². The van der Waals surface area contributed by atoms with Gasteiger partial charge in [-0.15, -0.1) is 0 Å². The fourth-order valence-electron chi connectivity index (χ4n) is 3.15. The van der Waals surface area contributed by atoms with Gasteiger partial charge in [0.2, 0.25) is 0 Å². The van der Waals surface area contributed by atoms with Gasteiger partial charge in [0.05, 0.1) is 0 Å². The van der Waals surface area contributed by atoms with Gasteiger partial charge in [0.15, 0.2) is 0 Å². The minimum absolute atomic E-state index is 0.460. The second-order valence-corrected chi connectivity index (χ2v) is 6.42. The van der Waals surface area contributed by atoms with Crippen LogP contribution in [0, 0.1) is 0 Å². The summed E-state index contributed by atoms with van der Waals surface area (Å²) in [4.78, 5) is 2.63. The lowest BCUT2D eigenvalue weighted by Gasteiger charge is -2.28. The predicted octanol–water partition coefficient (Wildman–Crippen LogP) is 3.94. The molecule has 1 N–H and O–H groups in total. The topological polar surface area (TPSA) is 15.3 Å². The quantitative estimate of drug-likeness (QED) is 0.845. The zero-order chi connectivity index (χ0) is 14.5. The van der Waals surface area contributed by atoms with E-state index in [2.05, 4.69) is 62.2 Å². The summed E-state index contributed by atoms with van der Waals surface area (Å²) >= 11 is 0. The minimum Gasteiger partial charge on any atom is -0.309 e. The fraction of sp³-hybridized carbons (Fsp3) is 0.667. The van der Waals surface area contributed by atoms with E-state index in [0.29, 0.717) is 12.0 Å². The van der Waals surface area contributed by atoms with Crippen LogP contribution in [-0.4, -0.2) is 30.6 Å². The molecule has 1 fully saturated rings. The Morgan fingerprint density at radius 2 is 1.85 bits per heavy atom. The summed E-state index contributed by atoms with van der Waals surface area (Å²) in [5.74, 6) is 0.611. The molecule has 0 aliphatic carbocycles. The lowest BCUT2D eigenvalue weighted by Crippen LogP contribution is -2.37. The van der Waals surface area contributed by atoms with Crippen molar-refractivity contribution in [2.75, 3.05) is 19.6 Å². The molecule has 1 aromatic rings. The summed E-state index contributed by atoms with van der Waals surface area (Å²) < 4.78 is 0. The summed E-state index contributed by atoms with van der Waals surface area (Å²) in [6.07, 6.45) is 2.71. The number of nitrogens with zero attached hydrogens (tertiary/aromatic N) is 1. The highest BCUT2D eigenvalue weighted by Gasteiger charge is 2.23. The molecule has 0 saturated carbocycles. The van der Waals surface area contributed by atoms with E-state index in [-0.39, 0.29) is 0 Å².